The van der Waals surface area contributed by atoms with Gasteiger partial charge in [-0.2, -0.15) is 0 Å². The summed E-state index contributed by atoms with van der Waals surface area (Å²) in [4.78, 5) is 43.9. The van der Waals surface area contributed by atoms with Crippen molar-refractivity contribution >= 4 is 61.2 Å². The number of thiazole rings is 1. The Morgan fingerprint density at radius 3 is 2.54 bits per heavy atom. The molecule has 2 aromatic carbocycles. The molecule has 0 bridgehead atoms. The van der Waals surface area contributed by atoms with Gasteiger partial charge in [-0.05, 0) is 66.2 Å². The van der Waals surface area contributed by atoms with Crippen LogP contribution in [0.2, 0.25) is 0 Å². The van der Waals surface area contributed by atoms with E-state index >= 15 is 0 Å². The van der Waals surface area contributed by atoms with Gasteiger partial charge in [0.1, 0.15) is 17.5 Å². The van der Waals surface area contributed by atoms with Crippen molar-refractivity contribution in [3.05, 3.63) is 81.4 Å². The first-order valence-electron chi connectivity index (χ1n) is 11.7. The van der Waals surface area contributed by atoms with Gasteiger partial charge >= 0.3 is 11.9 Å². The number of aromatic nitrogens is 1. The molecule has 4 rings (SSSR count). The molecule has 0 N–H and O–H groups in total. The van der Waals surface area contributed by atoms with Crippen molar-refractivity contribution in [2.45, 2.75) is 26.8 Å². The molecule has 1 aliphatic heterocycles. The van der Waals surface area contributed by atoms with Gasteiger partial charge in [-0.15, -0.1) is 0 Å². The molecule has 9 nitrogen and oxygen atoms in total. The molecule has 1 aromatic heterocycles. The van der Waals surface area contributed by atoms with Gasteiger partial charge in [-0.3, -0.25) is 14.2 Å². The van der Waals surface area contributed by atoms with E-state index in [0.29, 0.717) is 46.6 Å². The van der Waals surface area contributed by atoms with Crippen molar-refractivity contribution in [1.29, 1.82) is 0 Å². The van der Waals surface area contributed by atoms with Gasteiger partial charge in [0.15, 0.2) is 10.6 Å². The van der Waals surface area contributed by atoms with E-state index in [-0.39, 0.29) is 17.9 Å². The predicted molar refractivity (Wildman–Crippen MR) is 153 cm³/mol. The maximum absolute atomic E-state index is 14.0. The van der Waals surface area contributed by atoms with Crippen LogP contribution in [0, 0.1) is 0 Å². The van der Waals surface area contributed by atoms with Crippen LogP contribution >= 0.6 is 43.2 Å². The van der Waals surface area contributed by atoms with E-state index in [1.165, 1.54) is 25.7 Å². The molecule has 0 amide bonds. The Labute approximate surface area is 244 Å². The second-order valence-corrected chi connectivity index (χ2v) is 11.1. The normalized spacial score (nSPS) is 14.9. The topological polar surface area (TPSA) is 105 Å². The Balaban J connectivity index is 2.04. The Hall–Kier alpha value is -3.22. The van der Waals surface area contributed by atoms with Gasteiger partial charge in [-0.25, -0.2) is 9.79 Å². The molecule has 0 aliphatic carbocycles. The summed E-state index contributed by atoms with van der Waals surface area (Å²) in [6.45, 7) is 4.86. The van der Waals surface area contributed by atoms with E-state index in [4.69, 9.17) is 18.9 Å². The third kappa shape index (κ3) is 5.73. The summed E-state index contributed by atoms with van der Waals surface area (Å²) < 4.78 is 24.8. The number of rotatable bonds is 7. The number of carbonyl (C=O) groups excluding carboxylic acids is 2. The summed E-state index contributed by atoms with van der Waals surface area (Å²) in [5.74, 6) is 0.159. The summed E-state index contributed by atoms with van der Waals surface area (Å²) >= 11 is 8.01. The smallest absolute Gasteiger partial charge is 0.338 e. The molecular formula is C27H24Br2N2O7S. The minimum atomic E-state index is -0.894. The van der Waals surface area contributed by atoms with Crippen molar-refractivity contribution in [1.82, 2.24) is 4.57 Å². The van der Waals surface area contributed by atoms with E-state index < -0.39 is 23.5 Å². The summed E-state index contributed by atoms with van der Waals surface area (Å²) in [5.41, 5.74) is 1.27. The zero-order chi connectivity index (χ0) is 28.4. The van der Waals surface area contributed by atoms with Crippen molar-refractivity contribution < 1.29 is 28.5 Å². The standard InChI is InChI=1S/C27H24Br2N2O7S/c1-6-37-26(34)22-13(2)30-27-31(23(22)18-12-17(35-4)7-8-20(18)36-5)25(33)21(39-27)10-15-9-16(28)11-19(29)24(15)38-14(3)32/h7-12,23H,6H2,1-5H3/b21-10-/t23-/m1/s1. The number of ether oxygens (including phenoxy) is 4. The van der Waals surface area contributed by atoms with Crippen molar-refractivity contribution in [3.63, 3.8) is 0 Å². The Morgan fingerprint density at radius 1 is 1.15 bits per heavy atom. The lowest BCUT2D eigenvalue weighted by Crippen LogP contribution is -2.40. The van der Waals surface area contributed by atoms with Gasteiger partial charge in [0.2, 0.25) is 0 Å². The lowest BCUT2D eigenvalue weighted by molar-refractivity contribution is -0.139. The number of esters is 2. The van der Waals surface area contributed by atoms with Crippen LogP contribution in [0.3, 0.4) is 0 Å². The highest BCUT2D eigenvalue weighted by Crippen LogP contribution is 2.38. The van der Waals surface area contributed by atoms with Crippen LogP contribution in [-0.4, -0.2) is 37.3 Å². The zero-order valence-electron chi connectivity index (χ0n) is 21.7. The van der Waals surface area contributed by atoms with Gasteiger partial charge in [0.05, 0.1) is 41.1 Å². The number of carbonyl (C=O) groups is 2. The molecule has 1 atom stereocenters. The quantitative estimate of drug-likeness (QED) is 0.271. The van der Waals surface area contributed by atoms with E-state index in [2.05, 4.69) is 36.9 Å². The molecule has 3 aromatic rings. The number of methoxy groups -OCH3 is 2. The predicted octanol–water partition coefficient (Wildman–Crippen LogP) is 4.27. The molecule has 39 heavy (non-hydrogen) atoms. The van der Waals surface area contributed by atoms with Crippen LogP contribution in [0.15, 0.2) is 60.3 Å². The molecule has 0 saturated carbocycles. The SMILES string of the molecule is CCOC(=O)C1=C(C)N=c2s/c(=C\c3cc(Br)cc(Br)c3OC(C)=O)c(=O)n2[C@@H]1c1cc(OC)ccc1OC. The molecule has 2 heterocycles. The maximum Gasteiger partial charge on any atom is 0.338 e. The molecular weight excluding hydrogens is 656 g/mol. The lowest BCUT2D eigenvalue weighted by atomic mass is 9.94. The van der Waals surface area contributed by atoms with Crippen LogP contribution in [0.25, 0.3) is 6.08 Å². The van der Waals surface area contributed by atoms with E-state index in [1.54, 1.807) is 50.3 Å². The fraction of sp³-hybridized carbons (Fsp3) is 0.259. The molecule has 12 heteroatoms. The first-order valence-corrected chi connectivity index (χ1v) is 14.1. The van der Waals surface area contributed by atoms with Crippen LogP contribution in [0.4, 0.5) is 0 Å². The highest BCUT2D eigenvalue weighted by Gasteiger charge is 2.35. The van der Waals surface area contributed by atoms with E-state index in [0.717, 1.165) is 11.3 Å². The second-order valence-electron chi connectivity index (χ2n) is 8.31. The minimum absolute atomic E-state index is 0.151. The van der Waals surface area contributed by atoms with Crippen LogP contribution < -0.4 is 29.1 Å². The average molecular weight is 680 g/mol. The fourth-order valence-corrected chi connectivity index (χ4v) is 6.60. The third-order valence-corrected chi connectivity index (χ3v) is 7.85. The van der Waals surface area contributed by atoms with Crippen LogP contribution in [0.1, 0.15) is 37.9 Å². The van der Waals surface area contributed by atoms with Gasteiger partial charge in [0, 0.05) is 22.5 Å². The van der Waals surface area contributed by atoms with Gasteiger partial charge in [-0.1, -0.05) is 27.3 Å². The van der Waals surface area contributed by atoms with Crippen LogP contribution in [0.5, 0.6) is 17.2 Å². The number of hydrogen-bond acceptors (Lipinski definition) is 9. The second kappa shape index (κ2) is 11.9. The molecule has 1 aliphatic rings. The number of nitrogens with zero attached hydrogens (tertiary/aromatic N) is 2. The van der Waals surface area contributed by atoms with Crippen molar-refractivity contribution in [2.24, 2.45) is 4.99 Å². The average Bonchev–Trinajstić information content (AvgIpc) is 3.18. The monoisotopic (exact) mass is 678 g/mol. The summed E-state index contributed by atoms with van der Waals surface area (Å²) in [6, 6.07) is 7.75. The van der Waals surface area contributed by atoms with Crippen molar-refractivity contribution in [3.8, 4) is 17.2 Å². The Morgan fingerprint density at radius 2 is 1.90 bits per heavy atom. The van der Waals surface area contributed by atoms with Crippen molar-refractivity contribution in [2.75, 3.05) is 20.8 Å². The Kier molecular flexibility index (Phi) is 8.77. The molecule has 0 spiro atoms. The first-order chi connectivity index (χ1) is 18.6. The number of benzene rings is 2. The third-order valence-electron chi connectivity index (χ3n) is 5.82. The lowest BCUT2D eigenvalue weighted by Gasteiger charge is -2.26. The summed E-state index contributed by atoms with van der Waals surface area (Å²) in [6.07, 6.45) is 1.63. The summed E-state index contributed by atoms with van der Waals surface area (Å²) in [7, 11) is 3.04. The molecule has 0 radical (unpaired) electrons. The Bertz CT molecular complexity index is 1690. The highest BCUT2D eigenvalue weighted by atomic mass is 79.9. The zero-order valence-corrected chi connectivity index (χ0v) is 25.7. The summed E-state index contributed by atoms with van der Waals surface area (Å²) in [5, 5.41) is 0. The highest BCUT2D eigenvalue weighted by molar-refractivity contribution is 9.11. The number of fused-ring (bicyclic) bond motifs is 1. The first kappa shape index (κ1) is 28.8. The number of halogens is 2. The molecule has 204 valence electrons. The number of hydrogen-bond donors (Lipinski definition) is 0. The minimum Gasteiger partial charge on any atom is -0.497 e. The largest absolute Gasteiger partial charge is 0.497 e. The van der Waals surface area contributed by atoms with E-state index in [9.17, 15) is 14.4 Å². The fourth-order valence-electron chi connectivity index (χ4n) is 4.22. The van der Waals surface area contributed by atoms with E-state index in [1.807, 2.05) is 0 Å². The maximum atomic E-state index is 14.0. The number of allylic oxidation sites excluding steroid dienone is 1. The molecule has 0 saturated heterocycles. The van der Waals surface area contributed by atoms with Gasteiger partial charge in [0.25, 0.3) is 5.56 Å². The van der Waals surface area contributed by atoms with Gasteiger partial charge < -0.3 is 18.9 Å². The van der Waals surface area contributed by atoms with Crippen LogP contribution in [-0.2, 0) is 14.3 Å². The molecule has 0 unspecified atom stereocenters. The molecule has 0 fully saturated rings.